The number of aliphatic hydroxyl groups is 1. The summed E-state index contributed by atoms with van der Waals surface area (Å²) in [5.74, 6) is 0.546. The summed E-state index contributed by atoms with van der Waals surface area (Å²) < 4.78 is 56.2. The van der Waals surface area contributed by atoms with Crippen LogP contribution in [0.2, 0.25) is 0 Å². The molecule has 0 bridgehead atoms. The Bertz CT molecular complexity index is 1130. The first kappa shape index (κ1) is 32.4. The van der Waals surface area contributed by atoms with E-state index in [2.05, 4.69) is 10.2 Å². The minimum Gasteiger partial charge on any atom is -0.492 e. The molecular weight excluding hydrogens is 582 g/mol. The summed E-state index contributed by atoms with van der Waals surface area (Å²) in [6.45, 7) is 6.64. The van der Waals surface area contributed by atoms with Crippen molar-refractivity contribution in [2.24, 2.45) is 5.92 Å². The smallest absolute Gasteiger partial charge is 0.407 e. The maximum absolute atomic E-state index is 13.7. The van der Waals surface area contributed by atoms with E-state index in [0.29, 0.717) is 38.6 Å². The lowest BCUT2D eigenvalue weighted by atomic mass is 10.0. The molecule has 1 amide bonds. The lowest BCUT2D eigenvalue weighted by molar-refractivity contribution is -0.145. The SMILES string of the molecule is CCC(NC(=O)O[C@H]1CO[C@H]2OCC[C@H]21)[C@H](O)CN(OC1CCCC1)S(=O)(=O)c1ccc(OCCN2CCOCC2)cc1. The Hall–Kier alpha value is -2.04. The maximum Gasteiger partial charge on any atom is 0.407 e. The Labute approximate surface area is 253 Å². The highest BCUT2D eigenvalue weighted by Gasteiger charge is 2.44. The summed E-state index contributed by atoms with van der Waals surface area (Å²) in [6, 6.07) is 5.43. The average Bonchev–Trinajstić information content (AvgIpc) is 3.77. The van der Waals surface area contributed by atoms with E-state index in [1.807, 2.05) is 0 Å². The number of hydroxylamine groups is 1. The predicted octanol–water partition coefficient (Wildman–Crippen LogP) is 1.89. The first-order valence-electron chi connectivity index (χ1n) is 15.4. The zero-order valence-electron chi connectivity index (χ0n) is 24.8. The van der Waals surface area contributed by atoms with Gasteiger partial charge in [0, 0.05) is 19.6 Å². The summed E-state index contributed by atoms with van der Waals surface area (Å²) >= 11 is 0. The molecule has 3 heterocycles. The van der Waals surface area contributed by atoms with E-state index in [9.17, 15) is 18.3 Å². The van der Waals surface area contributed by atoms with Gasteiger partial charge in [-0.15, -0.1) is 0 Å². The van der Waals surface area contributed by atoms with Gasteiger partial charge in [-0.1, -0.05) is 24.2 Å². The number of nitrogens with zero attached hydrogens (tertiary/aromatic N) is 2. The standard InChI is InChI=1S/C29H45N3O10S/c1-2-25(30-29(34)41-27-20-40-28-24(27)11-15-39-28)26(33)19-32(42-22-5-3-4-6-22)43(35,36)23-9-7-21(8-10-23)38-18-14-31-12-16-37-17-13-31/h7-10,22,24-28,33H,2-6,11-20H2,1H3,(H,30,34)/t24-,25?,26+,27-,28+/m0/s1. The van der Waals surface area contributed by atoms with Crippen LogP contribution in [0, 0.1) is 5.92 Å². The second-order valence-electron chi connectivity index (χ2n) is 11.5. The van der Waals surface area contributed by atoms with Crippen molar-refractivity contribution in [3.05, 3.63) is 24.3 Å². The molecular formula is C29H45N3O10S. The largest absolute Gasteiger partial charge is 0.492 e. The van der Waals surface area contributed by atoms with E-state index in [-0.39, 0.29) is 36.4 Å². The number of sulfonamides is 1. The van der Waals surface area contributed by atoms with Crippen molar-refractivity contribution in [3.63, 3.8) is 0 Å². The summed E-state index contributed by atoms with van der Waals surface area (Å²) in [4.78, 5) is 21.0. The number of hydrogen-bond donors (Lipinski definition) is 2. The van der Waals surface area contributed by atoms with Gasteiger partial charge in [0.1, 0.15) is 18.5 Å². The van der Waals surface area contributed by atoms with E-state index < -0.39 is 34.4 Å². The number of hydrogen-bond acceptors (Lipinski definition) is 11. The van der Waals surface area contributed by atoms with Crippen molar-refractivity contribution in [2.45, 2.75) is 81.0 Å². The number of carbonyl (C=O) groups excluding carboxylic acids is 1. The number of rotatable bonds is 14. The lowest BCUT2D eigenvalue weighted by Crippen LogP contribution is -2.50. The van der Waals surface area contributed by atoms with Gasteiger partial charge in [-0.2, -0.15) is 0 Å². The first-order chi connectivity index (χ1) is 20.8. The van der Waals surface area contributed by atoms with Crippen LogP contribution in [0.1, 0.15) is 45.4 Å². The van der Waals surface area contributed by atoms with E-state index in [4.69, 9.17) is 28.5 Å². The van der Waals surface area contributed by atoms with Gasteiger partial charge in [0.05, 0.1) is 62.0 Å². The van der Waals surface area contributed by atoms with E-state index >= 15 is 0 Å². The summed E-state index contributed by atoms with van der Waals surface area (Å²) in [7, 11) is -4.14. The third-order valence-electron chi connectivity index (χ3n) is 8.53. The quantitative estimate of drug-likeness (QED) is 0.292. The van der Waals surface area contributed by atoms with Crippen LogP contribution in [0.4, 0.5) is 4.79 Å². The van der Waals surface area contributed by atoms with Crippen LogP contribution in [0.5, 0.6) is 5.75 Å². The Morgan fingerprint density at radius 2 is 1.86 bits per heavy atom. The fourth-order valence-electron chi connectivity index (χ4n) is 5.92. The van der Waals surface area contributed by atoms with Crippen molar-refractivity contribution < 1.29 is 46.8 Å². The highest BCUT2D eigenvalue weighted by molar-refractivity contribution is 7.89. The molecule has 1 aromatic rings. The number of amides is 1. The number of morpholine rings is 1. The number of aliphatic hydroxyl groups excluding tert-OH is 1. The molecule has 1 aliphatic carbocycles. The molecule has 242 valence electrons. The van der Waals surface area contributed by atoms with Gasteiger partial charge in [0.2, 0.25) is 0 Å². The molecule has 3 aliphatic heterocycles. The van der Waals surface area contributed by atoms with E-state index in [1.54, 1.807) is 19.1 Å². The lowest BCUT2D eigenvalue weighted by Gasteiger charge is -2.30. The highest BCUT2D eigenvalue weighted by atomic mass is 32.2. The number of carbonyl (C=O) groups is 1. The van der Waals surface area contributed by atoms with Crippen molar-refractivity contribution in [2.75, 3.05) is 59.2 Å². The molecule has 1 aromatic carbocycles. The minimum absolute atomic E-state index is 0.0160. The number of alkyl carbamates (subject to hydrolysis) is 1. The molecule has 43 heavy (non-hydrogen) atoms. The molecule has 1 unspecified atom stereocenters. The van der Waals surface area contributed by atoms with Gasteiger partial charge < -0.3 is 34.1 Å². The maximum atomic E-state index is 13.7. The molecule has 0 radical (unpaired) electrons. The molecule has 4 fully saturated rings. The van der Waals surface area contributed by atoms with E-state index in [1.165, 1.54) is 12.1 Å². The molecule has 5 atom stereocenters. The van der Waals surface area contributed by atoms with E-state index in [0.717, 1.165) is 56.2 Å². The average molecular weight is 628 g/mol. The Kier molecular flexibility index (Phi) is 11.5. The van der Waals surface area contributed by atoms with Crippen molar-refractivity contribution >= 4 is 16.1 Å². The summed E-state index contributed by atoms with van der Waals surface area (Å²) in [5.41, 5.74) is 0. The van der Waals surface area contributed by atoms with Crippen molar-refractivity contribution in [1.29, 1.82) is 0 Å². The van der Waals surface area contributed by atoms with Gasteiger partial charge >= 0.3 is 6.09 Å². The zero-order chi connectivity index (χ0) is 30.2. The van der Waals surface area contributed by atoms with Crippen LogP contribution in [-0.2, 0) is 33.8 Å². The second-order valence-corrected chi connectivity index (χ2v) is 13.3. The normalized spacial score (nSPS) is 26.3. The fourth-order valence-corrected chi connectivity index (χ4v) is 7.22. The molecule has 2 N–H and O–H groups in total. The van der Waals surface area contributed by atoms with Crippen molar-refractivity contribution in [3.8, 4) is 5.75 Å². The molecule has 1 saturated carbocycles. The molecule has 13 nitrogen and oxygen atoms in total. The van der Waals surface area contributed by atoms with Crippen LogP contribution >= 0.6 is 0 Å². The van der Waals surface area contributed by atoms with Gasteiger partial charge in [-0.25, -0.2) is 13.2 Å². The Morgan fingerprint density at radius 3 is 2.58 bits per heavy atom. The van der Waals surface area contributed by atoms with Crippen LogP contribution in [-0.4, -0.2) is 119 Å². The van der Waals surface area contributed by atoms with Crippen LogP contribution in [0.15, 0.2) is 29.2 Å². The van der Waals surface area contributed by atoms with Crippen LogP contribution in [0.25, 0.3) is 0 Å². The number of nitrogens with one attached hydrogen (secondary N) is 1. The van der Waals surface area contributed by atoms with Crippen LogP contribution < -0.4 is 10.1 Å². The number of ether oxygens (including phenoxy) is 5. The monoisotopic (exact) mass is 627 g/mol. The molecule has 0 aromatic heterocycles. The Morgan fingerprint density at radius 1 is 1.12 bits per heavy atom. The third kappa shape index (κ3) is 8.57. The van der Waals surface area contributed by atoms with Gasteiger partial charge in [-0.05, 0) is 49.9 Å². The summed E-state index contributed by atoms with van der Waals surface area (Å²) in [6.07, 6.45) is 1.44. The predicted molar refractivity (Wildman–Crippen MR) is 154 cm³/mol. The third-order valence-corrected chi connectivity index (χ3v) is 10.2. The molecule has 14 heteroatoms. The number of benzene rings is 1. The zero-order valence-corrected chi connectivity index (χ0v) is 25.6. The molecule has 3 saturated heterocycles. The van der Waals surface area contributed by atoms with Gasteiger partial charge in [0.15, 0.2) is 6.29 Å². The van der Waals surface area contributed by atoms with Crippen LogP contribution in [0.3, 0.4) is 0 Å². The number of fused-ring (bicyclic) bond motifs is 1. The minimum atomic E-state index is -4.14. The highest BCUT2D eigenvalue weighted by Crippen LogP contribution is 2.33. The first-order valence-corrected chi connectivity index (χ1v) is 16.9. The van der Waals surface area contributed by atoms with Crippen molar-refractivity contribution in [1.82, 2.24) is 14.7 Å². The van der Waals surface area contributed by atoms with Gasteiger partial charge in [0.25, 0.3) is 10.0 Å². The fraction of sp³-hybridized carbons (Fsp3) is 0.759. The topological polar surface area (TPSA) is 145 Å². The summed E-state index contributed by atoms with van der Waals surface area (Å²) in [5, 5.41) is 13.8. The molecule has 5 rings (SSSR count). The second kappa shape index (κ2) is 15.3. The Balaban J connectivity index is 1.19. The molecule has 4 aliphatic rings. The van der Waals surface area contributed by atoms with Gasteiger partial charge in [-0.3, -0.25) is 9.74 Å². The molecule has 0 spiro atoms.